The fraction of sp³-hybridized carbons (Fsp3) is 0.417. The topological polar surface area (TPSA) is 116 Å². The number of rotatable bonds is 9. The summed E-state index contributed by atoms with van der Waals surface area (Å²) < 4.78 is 108. The summed E-state index contributed by atoms with van der Waals surface area (Å²) >= 11 is 0. The summed E-state index contributed by atoms with van der Waals surface area (Å²) in [5.74, 6) is -2.99. The van der Waals surface area contributed by atoms with Crippen LogP contribution in [-0.4, -0.2) is 62.3 Å². The van der Waals surface area contributed by atoms with Crippen LogP contribution in [-0.2, 0) is 33.9 Å². The van der Waals surface area contributed by atoms with Gasteiger partial charge >= 0.3 is 33.5 Å². The average molecular weight is 564 g/mol. The summed E-state index contributed by atoms with van der Waals surface area (Å²) in [5, 5.41) is -5.86. The highest BCUT2D eigenvalue weighted by Gasteiger charge is 2.66. The zero-order chi connectivity index (χ0) is 27.9. The van der Waals surface area contributed by atoms with Gasteiger partial charge in [-0.1, -0.05) is 48.5 Å². The van der Waals surface area contributed by atoms with Gasteiger partial charge in [0.05, 0.1) is 6.61 Å². The molecule has 3 aliphatic carbocycles. The van der Waals surface area contributed by atoms with Crippen molar-refractivity contribution in [1.82, 2.24) is 0 Å². The van der Waals surface area contributed by atoms with Gasteiger partial charge in [0.25, 0.3) is 6.10 Å². The van der Waals surface area contributed by atoms with Gasteiger partial charge in [0, 0.05) is 17.8 Å². The van der Waals surface area contributed by atoms with Crippen LogP contribution in [0, 0.1) is 5.92 Å². The number of carbonyl (C=O) groups excluding carboxylic acids is 2. The predicted octanol–water partition coefficient (Wildman–Crippen LogP) is 3.80. The fourth-order valence-corrected chi connectivity index (χ4v) is 5.46. The van der Waals surface area contributed by atoms with Gasteiger partial charge in [-0.3, -0.25) is 4.55 Å². The van der Waals surface area contributed by atoms with Gasteiger partial charge in [-0.15, -0.1) is 0 Å². The monoisotopic (exact) mass is 564 g/mol. The van der Waals surface area contributed by atoms with Crippen molar-refractivity contribution in [2.45, 2.75) is 35.8 Å². The van der Waals surface area contributed by atoms with E-state index >= 15 is 0 Å². The summed E-state index contributed by atoms with van der Waals surface area (Å²) in [5.41, 5.74) is 4.67. The molecule has 0 saturated carbocycles. The molecule has 5 rings (SSSR count). The van der Waals surface area contributed by atoms with E-state index in [9.17, 15) is 40.0 Å². The van der Waals surface area contributed by atoms with Crippen LogP contribution in [0.25, 0.3) is 0 Å². The lowest BCUT2D eigenvalue weighted by Gasteiger charge is -2.45. The van der Waals surface area contributed by atoms with E-state index in [1.807, 2.05) is 36.4 Å². The Bertz CT molecular complexity index is 1280. The quantitative estimate of drug-likeness (QED) is 0.278. The number of hydrogen-bond acceptors (Lipinski definition) is 7. The first-order valence-corrected chi connectivity index (χ1v) is 12.7. The van der Waals surface area contributed by atoms with Crippen LogP contribution in [0.3, 0.4) is 0 Å². The molecule has 2 unspecified atom stereocenters. The third-order valence-electron chi connectivity index (χ3n) is 6.52. The maximum absolute atomic E-state index is 13.5. The van der Waals surface area contributed by atoms with Crippen molar-refractivity contribution in [3.63, 3.8) is 0 Å². The molecule has 2 bridgehead atoms. The second kappa shape index (κ2) is 10.2. The van der Waals surface area contributed by atoms with Gasteiger partial charge in [-0.05, 0) is 28.7 Å². The molecule has 8 nitrogen and oxygen atoms in total. The molecule has 2 atom stereocenters. The molecule has 0 heterocycles. The SMILES string of the molecule is O=C(COCC(=O)OC(C(F)(F)F)C(F)(F)S(=O)(=O)O)OCC1CC2c3ccccc3C1c1ccccc12. The molecule has 0 fully saturated rings. The first kappa shape index (κ1) is 27.9. The molecule has 2 aromatic rings. The van der Waals surface area contributed by atoms with E-state index in [2.05, 4.69) is 21.6 Å². The maximum atomic E-state index is 13.5. The number of carbonyl (C=O) groups is 2. The number of alkyl halides is 5. The van der Waals surface area contributed by atoms with Crippen LogP contribution >= 0.6 is 0 Å². The van der Waals surface area contributed by atoms with Gasteiger partial charge in [0.1, 0.15) is 13.2 Å². The smallest absolute Gasteiger partial charge is 0.432 e. The highest BCUT2D eigenvalue weighted by molar-refractivity contribution is 7.86. The van der Waals surface area contributed by atoms with Gasteiger partial charge in [-0.25, -0.2) is 9.59 Å². The number of hydrogen-bond donors (Lipinski definition) is 1. The summed E-state index contributed by atoms with van der Waals surface area (Å²) in [6.45, 7) is -2.31. The summed E-state index contributed by atoms with van der Waals surface area (Å²) in [4.78, 5) is 23.7. The fourth-order valence-electron chi connectivity index (χ4n) is 5.01. The molecular weight excluding hydrogens is 543 g/mol. The number of fused-ring (bicyclic) bond motifs is 1. The van der Waals surface area contributed by atoms with Crippen molar-refractivity contribution in [2.75, 3.05) is 19.8 Å². The van der Waals surface area contributed by atoms with Crippen molar-refractivity contribution < 1.29 is 58.7 Å². The second-order valence-electron chi connectivity index (χ2n) is 8.91. The van der Waals surface area contributed by atoms with E-state index in [0.717, 1.165) is 11.1 Å². The molecule has 0 spiro atoms. The first-order valence-electron chi connectivity index (χ1n) is 11.2. The molecule has 206 valence electrons. The summed E-state index contributed by atoms with van der Waals surface area (Å²) in [6, 6.07) is 15.9. The highest BCUT2D eigenvalue weighted by Crippen LogP contribution is 2.55. The minimum Gasteiger partial charge on any atom is -0.464 e. The van der Waals surface area contributed by atoms with Crippen LogP contribution in [0.5, 0.6) is 0 Å². The minimum atomic E-state index is -6.57. The van der Waals surface area contributed by atoms with Crippen molar-refractivity contribution in [3.05, 3.63) is 70.8 Å². The van der Waals surface area contributed by atoms with Gasteiger partial charge in [-0.2, -0.15) is 30.4 Å². The number of benzene rings is 2. The molecule has 0 amide bonds. The van der Waals surface area contributed by atoms with Crippen LogP contribution in [0.15, 0.2) is 48.5 Å². The Labute approximate surface area is 213 Å². The third kappa shape index (κ3) is 5.38. The van der Waals surface area contributed by atoms with E-state index < -0.39 is 52.8 Å². The Hall–Kier alpha value is -3.10. The highest BCUT2D eigenvalue weighted by atomic mass is 32.2. The molecule has 0 saturated heterocycles. The molecule has 38 heavy (non-hydrogen) atoms. The Kier molecular flexibility index (Phi) is 7.51. The summed E-state index contributed by atoms with van der Waals surface area (Å²) in [7, 11) is -6.57. The zero-order valence-electron chi connectivity index (χ0n) is 19.4. The second-order valence-corrected chi connectivity index (χ2v) is 10.4. The van der Waals surface area contributed by atoms with Crippen LogP contribution in [0.1, 0.15) is 40.5 Å². The average Bonchev–Trinajstić information content (AvgIpc) is 2.84. The van der Waals surface area contributed by atoms with Crippen LogP contribution < -0.4 is 0 Å². The van der Waals surface area contributed by atoms with Crippen molar-refractivity contribution in [1.29, 1.82) is 0 Å². The van der Waals surface area contributed by atoms with Crippen molar-refractivity contribution in [3.8, 4) is 0 Å². The van der Waals surface area contributed by atoms with E-state index in [-0.39, 0.29) is 24.4 Å². The Balaban J connectivity index is 1.31. The molecule has 0 aromatic heterocycles. The van der Waals surface area contributed by atoms with Crippen LogP contribution in [0.2, 0.25) is 0 Å². The van der Waals surface area contributed by atoms with E-state index in [0.29, 0.717) is 6.42 Å². The number of esters is 2. The molecule has 0 aliphatic heterocycles. The standard InChI is InChI=1S/C24H21F5O8S/c25-23(26,27)22(24(28,29)38(32,33)34)37-20(31)12-35-11-19(30)36-10-13-9-18-14-5-1-3-7-16(14)21(13)17-8-4-2-6-15(17)18/h1-8,13,18,21-22H,9-12H2,(H,32,33,34). The zero-order valence-corrected chi connectivity index (χ0v) is 20.2. The third-order valence-corrected chi connectivity index (χ3v) is 7.42. The van der Waals surface area contributed by atoms with E-state index in [4.69, 9.17) is 9.29 Å². The van der Waals surface area contributed by atoms with Crippen molar-refractivity contribution >= 4 is 22.1 Å². The van der Waals surface area contributed by atoms with Gasteiger partial charge < -0.3 is 14.2 Å². The molecular formula is C24H21F5O8S. The molecule has 14 heteroatoms. The molecule has 3 aliphatic rings. The minimum absolute atomic E-state index is 0.00674. The lowest BCUT2D eigenvalue weighted by molar-refractivity contribution is -0.260. The van der Waals surface area contributed by atoms with Gasteiger partial charge in [0.2, 0.25) is 0 Å². The molecule has 1 N–H and O–H groups in total. The molecule has 2 aromatic carbocycles. The van der Waals surface area contributed by atoms with Crippen LogP contribution in [0.4, 0.5) is 22.0 Å². The maximum Gasteiger partial charge on any atom is 0.432 e. The Morgan fingerprint density at radius 1 is 0.895 bits per heavy atom. The number of ether oxygens (including phenoxy) is 3. The van der Waals surface area contributed by atoms with E-state index in [1.54, 1.807) is 0 Å². The Morgan fingerprint density at radius 2 is 1.39 bits per heavy atom. The normalized spacial score (nSPS) is 21.3. The lowest BCUT2D eigenvalue weighted by Crippen LogP contribution is -2.52. The first-order chi connectivity index (χ1) is 17.7. The number of halogens is 5. The Morgan fingerprint density at radius 3 is 1.89 bits per heavy atom. The van der Waals surface area contributed by atoms with Crippen molar-refractivity contribution in [2.24, 2.45) is 5.92 Å². The van der Waals surface area contributed by atoms with Gasteiger partial charge in [0.15, 0.2) is 0 Å². The largest absolute Gasteiger partial charge is 0.464 e. The molecule has 0 radical (unpaired) electrons. The lowest BCUT2D eigenvalue weighted by atomic mass is 9.59. The van der Waals surface area contributed by atoms with E-state index in [1.165, 1.54) is 11.1 Å². The predicted molar refractivity (Wildman–Crippen MR) is 119 cm³/mol. The summed E-state index contributed by atoms with van der Waals surface area (Å²) in [6.07, 6.45) is -9.81.